The molecule has 0 amide bonds. The van der Waals surface area contributed by atoms with Crippen LogP contribution >= 0.6 is 24.0 Å². The Balaban J connectivity index is 0.00000196. The summed E-state index contributed by atoms with van der Waals surface area (Å²) in [5.41, 5.74) is 10.8. The first kappa shape index (κ1) is 14.5. The van der Waals surface area contributed by atoms with Gasteiger partial charge in [0.1, 0.15) is 0 Å². The van der Waals surface area contributed by atoms with Crippen LogP contribution in [0.25, 0.3) is 0 Å². The van der Waals surface area contributed by atoms with E-state index in [9.17, 15) is 0 Å². The zero-order chi connectivity index (χ0) is 10.6. The summed E-state index contributed by atoms with van der Waals surface area (Å²) >= 11 is 5.70. The third-order valence-electron chi connectivity index (χ3n) is 2.51. The van der Waals surface area contributed by atoms with Gasteiger partial charge in [-0.3, -0.25) is 0 Å². The molecule has 0 spiro atoms. The van der Waals surface area contributed by atoms with Crippen LogP contribution < -0.4 is 5.73 Å². The molecule has 15 heavy (non-hydrogen) atoms. The molecule has 0 saturated carbocycles. The van der Waals surface area contributed by atoms with Crippen molar-refractivity contribution >= 4 is 24.0 Å². The Morgan fingerprint density at radius 2 is 1.93 bits per heavy atom. The molecule has 0 aliphatic carbocycles. The molecule has 0 aliphatic heterocycles. The van der Waals surface area contributed by atoms with Crippen LogP contribution in [0.5, 0.6) is 0 Å². The van der Waals surface area contributed by atoms with Crippen LogP contribution in [-0.4, -0.2) is 6.54 Å². The van der Waals surface area contributed by atoms with Crippen LogP contribution in [0.1, 0.15) is 24.0 Å². The molecule has 1 unspecified atom stereocenters. The average Bonchev–Trinajstić information content (AvgIpc) is 2.20. The maximum absolute atomic E-state index is 5.70. The number of aryl methyl sites for hydroxylation is 1. The van der Waals surface area contributed by atoms with E-state index in [1.54, 1.807) is 5.54 Å². The van der Waals surface area contributed by atoms with Gasteiger partial charge in [0.25, 0.3) is 0 Å². The highest BCUT2D eigenvalue weighted by Crippen LogP contribution is 2.23. The molecule has 0 bridgehead atoms. The van der Waals surface area contributed by atoms with Crippen LogP contribution in [0.2, 0.25) is 0 Å². The zero-order valence-corrected chi connectivity index (χ0v) is 10.6. The van der Waals surface area contributed by atoms with Gasteiger partial charge in [-0.25, -0.2) is 0 Å². The molecule has 1 aromatic rings. The molecule has 1 nitrogen and oxygen atoms in total. The summed E-state index contributed by atoms with van der Waals surface area (Å²) in [7, 11) is 0. The van der Waals surface area contributed by atoms with E-state index >= 15 is 0 Å². The lowest BCUT2D eigenvalue weighted by Gasteiger charge is -2.14. The lowest BCUT2D eigenvalue weighted by molar-refractivity contribution is 0.859. The first-order chi connectivity index (χ1) is 6.69. The van der Waals surface area contributed by atoms with Crippen molar-refractivity contribution in [1.82, 2.24) is 0 Å². The molecule has 0 saturated heterocycles. The highest BCUT2D eigenvalue weighted by Gasteiger charge is 2.08. The molecular weight excluding hydrogens is 229 g/mol. The van der Waals surface area contributed by atoms with E-state index in [-0.39, 0.29) is 12.4 Å². The summed E-state index contributed by atoms with van der Waals surface area (Å²) in [6, 6.07) is 8.45. The van der Waals surface area contributed by atoms with Crippen molar-refractivity contribution in [3.8, 4) is 0 Å². The average molecular weight is 246 g/mol. The van der Waals surface area contributed by atoms with Crippen molar-refractivity contribution in [2.24, 2.45) is 5.73 Å². The Hall–Kier alpha value is -0.500. The highest BCUT2D eigenvalue weighted by atomic mass is 35.5. The maximum Gasteiger partial charge on any atom is 0.0154 e. The Kier molecular flexibility index (Phi) is 6.66. The normalized spacial score (nSPS) is 13.2. The minimum absolute atomic E-state index is 0. The number of hydrogen-bond acceptors (Lipinski definition) is 1. The van der Waals surface area contributed by atoms with Gasteiger partial charge in [0, 0.05) is 18.0 Å². The van der Waals surface area contributed by atoms with E-state index in [1.807, 2.05) is 0 Å². The predicted octanol–water partition coefficient (Wildman–Crippen LogP) is 3.60. The molecule has 0 fully saturated rings. The van der Waals surface area contributed by atoms with Gasteiger partial charge in [0.2, 0.25) is 0 Å². The van der Waals surface area contributed by atoms with Gasteiger partial charge in [-0.15, -0.1) is 12.4 Å². The molecule has 3 heteroatoms. The van der Waals surface area contributed by atoms with Gasteiger partial charge in [0.15, 0.2) is 0 Å². The number of nitrogens with two attached hydrogens (primary N) is 1. The highest BCUT2D eigenvalue weighted by molar-refractivity contribution is 6.25. The largest absolute Gasteiger partial charge is 0.327 e. The fraction of sp³-hybridized carbons (Fsp3) is 0.333. The van der Waals surface area contributed by atoms with Crippen LogP contribution in [0, 0.1) is 6.92 Å². The van der Waals surface area contributed by atoms with Gasteiger partial charge in [-0.05, 0) is 18.1 Å². The topological polar surface area (TPSA) is 26.0 Å². The number of benzene rings is 1. The van der Waals surface area contributed by atoms with Crippen LogP contribution in [0.4, 0.5) is 0 Å². The summed E-state index contributed by atoms with van der Waals surface area (Å²) in [4.78, 5) is 0. The van der Waals surface area contributed by atoms with Crippen LogP contribution in [-0.2, 0) is 0 Å². The third-order valence-corrected chi connectivity index (χ3v) is 2.79. The fourth-order valence-electron chi connectivity index (χ4n) is 1.39. The second-order valence-corrected chi connectivity index (χ2v) is 3.74. The van der Waals surface area contributed by atoms with Crippen LogP contribution in [0.3, 0.4) is 0 Å². The Morgan fingerprint density at radius 3 is 2.33 bits per heavy atom. The SMILES string of the molecule is Cc1ccc(C(C)C(=CCl)CN)cc1.Cl. The first-order valence-electron chi connectivity index (χ1n) is 4.74. The smallest absolute Gasteiger partial charge is 0.0154 e. The molecule has 1 rings (SSSR count). The van der Waals surface area contributed by atoms with Gasteiger partial charge < -0.3 is 5.73 Å². The van der Waals surface area contributed by atoms with Crippen molar-refractivity contribution in [3.63, 3.8) is 0 Å². The first-order valence-corrected chi connectivity index (χ1v) is 5.18. The molecule has 0 heterocycles. The van der Waals surface area contributed by atoms with Gasteiger partial charge in [-0.2, -0.15) is 0 Å². The van der Waals surface area contributed by atoms with E-state index in [1.165, 1.54) is 11.1 Å². The molecule has 1 aromatic carbocycles. The van der Waals surface area contributed by atoms with E-state index in [0.29, 0.717) is 12.5 Å². The van der Waals surface area contributed by atoms with Crippen molar-refractivity contribution in [2.75, 3.05) is 6.54 Å². The monoisotopic (exact) mass is 245 g/mol. The summed E-state index contributed by atoms with van der Waals surface area (Å²) in [5.74, 6) is 0.304. The summed E-state index contributed by atoms with van der Waals surface area (Å²) in [5, 5.41) is 0. The molecule has 2 N–H and O–H groups in total. The van der Waals surface area contributed by atoms with Gasteiger partial charge >= 0.3 is 0 Å². The second-order valence-electron chi connectivity index (χ2n) is 3.52. The Labute approximate surface area is 103 Å². The minimum atomic E-state index is 0. The fourth-order valence-corrected chi connectivity index (χ4v) is 1.66. The molecular formula is C12H17Cl2N. The Morgan fingerprint density at radius 1 is 1.40 bits per heavy atom. The molecule has 0 aromatic heterocycles. The van der Waals surface area contributed by atoms with Gasteiger partial charge in [-0.1, -0.05) is 48.4 Å². The van der Waals surface area contributed by atoms with E-state index < -0.39 is 0 Å². The maximum atomic E-state index is 5.70. The second kappa shape index (κ2) is 6.89. The molecule has 0 aliphatic rings. The number of hydrogen-bond donors (Lipinski definition) is 1. The lowest BCUT2D eigenvalue weighted by Crippen LogP contribution is -2.09. The van der Waals surface area contributed by atoms with Crippen LogP contribution in [0.15, 0.2) is 35.4 Å². The van der Waals surface area contributed by atoms with Crippen molar-refractivity contribution < 1.29 is 0 Å². The predicted molar refractivity (Wildman–Crippen MR) is 69.8 cm³/mol. The van der Waals surface area contributed by atoms with Gasteiger partial charge in [0.05, 0.1) is 0 Å². The summed E-state index contributed by atoms with van der Waals surface area (Å²) < 4.78 is 0. The van der Waals surface area contributed by atoms with Crippen molar-refractivity contribution in [2.45, 2.75) is 19.8 Å². The van der Waals surface area contributed by atoms with E-state index in [4.69, 9.17) is 17.3 Å². The summed E-state index contributed by atoms with van der Waals surface area (Å²) in [6.45, 7) is 4.71. The third kappa shape index (κ3) is 3.86. The quantitative estimate of drug-likeness (QED) is 0.866. The van der Waals surface area contributed by atoms with E-state index in [2.05, 4.69) is 38.1 Å². The molecule has 84 valence electrons. The number of rotatable bonds is 3. The summed E-state index contributed by atoms with van der Waals surface area (Å²) in [6.07, 6.45) is 0. The zero-order valence-electron chi connectivity index (χ0n) is 9.03. The van der Waals surface area contributed by atoms with Crippen molar-refractivity contribution in [1.29, 1.82) is 0 Å². The molecule has 1 atom stereocenters. The Bertz CT molecular complexity index is 317. The lowest BCUT2D eigenvalue weighted by atomic mass is 9.93. The number of halogens is 2. The van der Waals surface area contributed by atoms with Crippen molar-refractivity contribution in [3.05, 3.63) is 46.5 Å². The molecule has 0 radical (unpaired) electrons. The minimum Gasteiger partial charge on any atom is -0.327 e. The standard InChI is InChI=1S/C12H16ClN.ClH/c1-9-3-5-11(6-4-9)10(2)12(7-13)8-14;/h3-7,10H,8,14H2,1-2H3;1H. The van der Waals surface area contributed by atoms with E-state index in [0.717, 1.165) is 5.57 Å².